The molecule has 0 saturated heterocycles. The molecule has 0 radical (unpaired) electrons. The van der Waals surface area contributed by atoms with Crippen molar-refractivity contribution in [3.05, 3.63) is 64.3 Å². The Morgan fingerprint density at radius 1 is 1.00 bits per heavy atom. The van der Waals surface area contributed by atoms with Crippen molar-refractivity contribution in [2.45, 2.75) is 13.3 Å². The quantitative estimate of drug-likeness (QED) is 0.653. The summed E-state index contributed by atoms with van der Waals surface area (Å²) >= 11 is 12.0. The van der Waals surface area contributed by atoms with Gasteiger partial charge in [0, 0.05) is 21.4 Å². The first-order chi connectivity index (χ1) is 11.6. The molecule has 2 aromatic carbocycles. The molecule has 2 N–H and O–H groups in total. The van der Waals surface area contributed by atoms with Gasteiger partial charge < -0.3 is 10.6 Å². The highest BCUT2D eigenvalue weighted by Gasteiger charge is 2.05. The predicted molar refractivity (Wildman–Crippen MR) is 98.7 cm³/mol. The maximum atomic E-state index is 6.00. The molecular formula is C17H15Cl2N5. The van der Waals surface area contributed by atoms with Gasteiger partial charge in [-0.05, 0) is 36.2 Å². The Morgan fingerprint density at radius 3 is 2.50 bits per heavy atom. The minimum Gasteiger partial charge on any atom is -0.339 e. The fourth-order valence-corrected chi connectivity index (χ4v) is 2.79. The number of nitrogens with zero attached hydrogens (tertiary/aromatic N) is 3. The standard InChI is InChI=1S/C17H15Cl2N5/c1-2-11-5-3-4-6-15(11)22-16-10-20-24-17(23-16)21-14-8-12(18)7-13(19)9-14/h3-10H,2H2,1H3,(H2,21,22,23,24). The van der Waals surface area contributed by atoms with Gasteiger partial charge in [-0.3, -0.25) is 0 Å². The van der Waals surface area contributed by atoms with E-state index in [1.807, 2.05) is 18.2 Å². The molecule has 0 bridgehead atoms. The molecule has 0 amide bonds. The summed E-state index contributed by atoms with van der Waals surface area (Å²) in [6.07, 6.45) is 2.50. The lowest BCUT2D eigenvalue weighted by molar-refractivity contribution is 0.981. The van der Waals surface area contributed by atoms with Crippen molar-refractivity contribution in [3.63, 3.8) is 0 Å². The molecule has 7 heteroatoms. The van der Waals surface area contributed by atoms with Gasteiger partial charge >= 0.3 is 0 Å². The van der Waals surface area contributed by atoms with Gasteiger partial charge in [0.15, 0.2) is 5.82 Å². The van der Waals surface area contributed by atoms with Gasteiger partial charge in [0.1, 0.15) is 0 Å². The van der Waals surface area contributed by atoms with Gasteiger partial charge in [-0.1, -0.05) is 48.3 Å². The van der Waals surface area contributed by atoms with Gasteiger partial charge in [-0.2, -0.15) is 10.1 Å². The number of para-hydroxylation sites is 1. The number of benzene rings is 2. The molecule has 0 fully saturated rings. The van der Waals surface area contributed by atoms with E-state index in [1.165, 1.54) is 5.56 Å². The predicted octanol–water partition coefficient (Wildman–Crippen LogP) is 5.23. The van der Waals surface area contributed by atoms with Crippen molar-refractivity contribution in [2.75, 3.05) is 10.6 Å². The van der Waals surface area contributed by atoms with Gasteiger partial charge in [-0.25, -0.2) is 0 Å². The first kappa shape index (κ1) is 16.5. The van der Waals surface area contributed by atoms with Gasteiger partial charge in [0.25, 0.3) is 0 Å². The number of nitrogens with one attached hydrogen (secondary N) is 2. The average molecular weight is 360 g/mol. The number of hydrogen-bond acceptors (Lipinski definition) is 5. The van der Waals surface area contributed by atoms with E-state index in [0.29, 0.717) is 27.5 Å². The highest BCUT2D eigenvalue weighted by Crippen LogP contribution is 2.25. The number of hydrogen-bond donors (Lipinski definition) is 2. The first-order valence-corrected chi connectivity index (χ1v) is 8.17. The number of anilines is 4. The maximum Gasteiger partial charge on any atom is 0.249 e. The van der Waals surface area contributed by atoms with Gasteiger partial charge in [0.05, 0.1) is 6.20 Å². The molecular weight excluding hydrogens is 345 g/mol. The third kappa shape index (κ3) is 4.13. The topological polar surface area (TPSA) is 62.7 Å². The normalized spacial score (nSPS) is 10.5. The molecule has 0 unspecified atom stereocenters. The summed E-state index contributed by atoms with van der Waals surface area (Å²) in [6, 6.07) is 13.2. The van der Waals surface area contributed by atoms with Crippen LogP contribution in [0.2, 0.25) is 10.0 Å². The van der Waals surface area contributed by atoms with E-state index in [9.17, 15) is 0 Å². The van der Waals surface area contributed by atoms with Crippen molar-refractivity contribution < 1.29 is 0 Å². The van der Waals surface area contributed by atoms with Crippen molar-refractivity contribution >= 4 is 46.3 Å². The zero-order valence-electron chi connectivity index (χ0n) is 12.9. The number of halogens is 2. The highest BCUT2D eigenvalue weighted by molar-refractivity contribution is 6.35. The van der Waals surface area contributed by atoms with Crippen LogP contribution in [-0.2, 0) is 6.42 Å². The Kier molecular flexibility index (Phi) is 5.13. The van der Waals surface area contributed by atoms with Crippen molar-refractivity contribution in [2.24, 2.45) is 0 Å². The lowest BCUT2D eigenvalue weighted by atomic mass is 10.1. The second kappa shape index (κ2) is 7.47. The van der Waals surface area contributed by atoms with E-state index in [2.05, 4.69) is 38.8 Å². The molecule has 0 spiro atoms. The van der Waals surface area contributed by atoms with E-state index in [0.717, 1.165) is 12.1 Å². The molecule has 3 rings (SSSR count). The Balaban J connectivity index is 1.81. The largest absolute Gasteiger partial charge is 0.339 e. The lowest BCUT2D eigenvalue weighted by Crippen LogP contribution is -2.03. The molecule has 24 heavy (non-hydrogen) atoms. The van der Waals surface area contributed by atoms with Crippen LogP contribution < -0.4 is 10.6 Å². The van der Waals surface area contributed by atoms with Crippen LogP contribution >= 0.6 is 23.2 Å². The summed E-state index contributed by atoms with van der Waals surface area (Å²) < 4.78 is 0. The summed E-state index contributed by atoms with van der Waals surface area (Å²) in [5.74, 6) is 0.953. The summed E-state index contributed by atoms with van der Waals surface area (Å²) in [5.41, 5.74) is 2.89. The van der Waals surface area contributed by atoms with Crippen LogP contribution in [0.1, 0.15) is 12.5 Å². The minimum atomic E-state index is 0.354. The molecule has 0 aliphatic rings. The third-order valence-electron chi connectivity index (χ3n) is 3.34. The third-order valence-corrected chi connectivity index (χ3v) is 3.77. The Labute approximate surface area is 150 Å². The lowest BCUT2D eigenvalue weighted by Gasteiger charge is -2.11. The smallest absolute Gasteiger partial charge is 0.249 e. The van der Waals surface area contributed by atoms with Crippen LogP contribution in [-0.4, -0.2) is 15.2 Å². The van der Waals surface area contributed by atoms with E-state index in [-0.39, 0.29) is 0 Å². The summed E-state index contributed by atoms with van der Waals surface area (Å²) in [7, 11) is 0. The number of aromatic nitrogens is 3. The molecule has 0 aliphatic heterocycles. The molecule has 1 aromatic heterocycles. The molecule has 5 nitrogen and oxygen atoms in total. The zero-order valence-corrected chi connectivity index (χ0v) is 14.4. The second-order valence-corrected chi connectivity index (χ2v) is 5.96. The molecule has 0 atom stereocenters. The Bertz CT molecular complexity index is 834. The highest BCUT2D eigenvalue weighted by atomic mass is 35.5. The molecule has 1 heterocycles. The van der Waals surface area contributed by atoms with Gasteiger partial charge in [-0.15, -0.1) is 5.10 Å². The van der Waals surface area contributed by atoms with E-state index >= 15 is 0 Å². The van der Waals surface area contributed by atoms with Gasteiger partial charge in [0.2, 0.25) is 5.95 Å². The zero-order chi connectivity index (χ0) is 16.9. The average Bonchev–Trinajstić information content (AvgIpc) is 2.55. The second-order valence-electron chi connectivity index (χ2n) is 5.08. The fourth-order valence-electron chi connectivity index (χ4n) is 2.26. The molecule has 3 aromatic rings. The monoisotopic (exact) mass is 359 g/mol. The van der Waals surface area contributed by atoms with E-state index < -0.39 is 0 Å². The Hall–Kier alpha value is -2.37. The van der Waals surface area contributed by atoms with Crippen LogP contribution in [0.15, 0.2) is 48.7 Å². The molecule has 0 saturated carbocycles. The minimum absolute atomic E-state index is 0.354. The Morgan fingerprint density at radius 2 is 1.75 bits per heavy atom. The first-order valence-electron chi connectivity index (χ1n) is 7.42. The van der Waals surface area contributed by atoms with Crippen molar-refractivity contribution in [1.29, 1.82) is 0 Å². The molecule has 0 aliphatic carbocycles. The number of rotatable bonds is 5. The van der Waals surface area contributed by atoms with Crippen LogP contribution in [0.25, 0.3) is 0 Å². The number of aryl methyl sites for hydroxylation is 1. The SMILES string of the molecule is CCc1ccccc1Nc1cnnc(Nc2cc(Cl)cc(Cl)c2)n1. The van der Waals surface area contributed by atoms with E-state index in [4.69, 9.17) is 23.2 Å². The van der Waals surface area contributed by atoms with E-state index in [1.54, 1.807) is 24.4 Å². The summed E-state index contributed by atoms with van der Waals surface area (Å²) in [4.78, 5) is 4.42. The van der Waals surface area contributed by atoms with Crippen molar-refractivity contribution in [3.8, 4) is 0 Å². The van der Waals surface area contributed by atoms with Crippen molar-refractivity contribution in [1.82, 2.24) is 15.2 Å². The van der Waals surface area contributed by atoms with Crippen LogP contribution in [0, 0.1) is 0 Å². The maximum absolute atomic E-state index is 6.00. The summed E-state index contributed by atoms with van der Waals surface area (Å²) in [6.45, 7) is 2.11. The fraction of sp³-hybridized carbons (Fsp3) is 0.118. The van der Waals surface area contributed by atoms with Crippen LogP contribution in [0.5, 0.6) is 0 Å². The van der Waals surface area contributed by atoms with Crippen LogP contribution in [0.3, 0.4) is 0 Å². The molecule has 122 valence electrons. The summed E-state index contributed by atoms with van der Waals surface area (Å²) in [5, 5.41) is 15.3. The van der Waals surface area contributed by atoms with Crippen LogP contribution in [0.4, 0.5) is 23.1 Å².